The van der Waals surface area contributed by atoms with Crippen molar-refractivity contribution in [2.75, 3.05) is 7.11 Å². The molecule has 0 saturated carbocycles. The molecule has 1 heterocycles. The number of rotatable bonds is 2. The second-order valence-electron chi connectivity index (χ2n) is 3.58. The molecule has 0 amide bonds. The second kappa shape index (κ2) is 5.92. The standard InChI is InChI=1S/C9H12BF3NO2.K/c1-5-7(9(15)16-4)8(10(11,12)13)6(2)14(5)3;/h1-4H3;/q-1;+1. The fourth-order valence-electron chi connectivity index (χ4n) is 1.74. The summed E-state index contributed by atoms with van der Waals surface area (Å²) < 4.78 is 44.2. The number of hydrogen-bond acceptors (Lipinski definition) is 2. The molecule has 1 aromatic rings. The Balaban J connectivity index is 0.00000256. The fourth-order valence-corrected chi connectivity index (χ4v) is 1.74. The minimum Gasteiger partial charge on any atom is -0.465 e. The SMILES string of the molecule is COC(=O)c1c([B-](F)(F)F)c(C)n(C)c1C.[K+]. The topological polar surface area (TPSA) is 31.2 Å². The Kier molecular flexibility index (Phi) is 6.01. The van der Waals surface area contributed by atoms with Crippen molar-refractivity contribution < 1.29 is 73.9 Å². The predicted molar refractivity (Wildman–Crippen MR) is 54.9 cm³/mol. The Hall–Kier alpha value is 0.241. The molecule has 3 nitrogen and oxygen atoms in total. The van der Waals surface area contributed by atoms with E-state index in [4.69, 9.17) is 0 Å². The van der Waals surface area contributed by atoms with E-state index in [1.165, 1.54) is 25.5 Å². The van der Waals surface area contributed by atoms with Gasteiger partial charge in [-0.05, 0) is 19.5 Å². The minimum atomic E-state index is -5.22. The number of methoxy groups -OCH3 is 1. The Morgan fingerprint density at radius 1 is 1.24 bits per heavy atom. The first-order valence-corrected chi connectivity index (χ1v) is 4.65. The van der Waals surface area contributed by atoms with E-state index in [1.807, 2.05) is 0 Å². The number of esters is 1. The summed E-state index contributed by atoms with van der Waals surface area (Å²) >= 11 is 0. The molecule has 90 valence electrons. The number of carbonyl (C=O) groups excluding carboxylic acids is 1. The Labute approximate surface area is 140 Å². The molecule has 0 aliphatic rings. The van der Waals surface area contributed by atoms with Gasteiger partial charge in [0.1, 0.15) is 0 Å². The van der Waals surface area contributed by atoms with Crippen molar-refractivity contribution in [1.29, 1.82) is 0 Å². The van der Waals surface area contributed by atoms with Crippen LogP contribution in [0.25, 0.3) is 0 Å². The first kappa shape index (κ1) is 17.2. The Morgan fingerprint density at radius 3 is 2.06 bits per heavy atom. The van der Waals surface area contributed by atoms with Gasteiger partial charge in [-0.2, -0.15) is 0 Å². The second-order valence-corrected chi connectivity index (χ2v) is 3.58. The number of carbonyl (C=O) groups is 1. The number of aromatic nitrogens is 1. The van der Waals surface area contributed by atoms with Crippen molar-refractivity contribution >= 4 is 18.4 Å². The minimum absolute atomic E-state index is 0. The van der Waals surface area contributed by atoms with Gasteiger partial charge in [-0.1, -0.05) is 5.46 Å². The van der Waals surface area contributed by atoms with Crippen LogP contribution in [-0.2, 0) is 11.8 Å². The predicted octanol–water partition coefficient (Wildman–Crippen LogP) is -1.51. The molecule has 1 aromatic heterocycles. The van der Waals surface area contributed by atoms with E-state index in [2.05, 4.69) is 4.74 Å². The van der Waals surface area contributed by atoms with Gasteiger partial charge in [-0.15, -0.1) is 0 Å². The summed E-state index contributed by atoms with van der Waals surface area (Å²) in [5.41, 5.74) is -0.939. The summed E-state index contributed by atoms with van der Waals surface area (Å²) in [6.07, 6.45) is 0. The Bertz CT molecular complexity index is 442. The first-order chi connectivity index (χ1) is 7.21. The molecule has 0 aromatic carbocycles. The first-order valence-electron chi connectivity index (χ1n) is 4.65. The molecule has 1 rings (SSSR count). The molecule has 0 saturated heterocycles. The van der Waals surface area contributed by atoms with Crippen molar-refractivity contribution in [3.8, 4) is 0 Å². The van der Waals surface area contributed by atoms with Gasteiger partial charge in [0.2, 0.25) is 0 Å². The molecule has 0 spiro atoms. The van der Waals surface area contributed by atoms with Crippen LogP contribution in [0.4, 0.5) is 12.9 Å². The number of ether oxygens (including phenoxy) is 1. The third-order valence-electron chi connectivity index (χ3n) is 2.74. The monoisotopic (exact) mass is 273 g/mol. The summed E-state index contributed by atoms with van der Waals surface area (Å²) in [5, 5.41) is 0. The van der Waals surface area contributed by atoms with Gasteiger partial charge in [0.25, 0.3) is 0 Å². The van der Waals surface area contributed by atoms with Crippen molar-refractivity contribution in [3.05, 3.63) is 17.0 Å². The van der Waals surface area contributed by atoms with Crippen LogP contribution in [0.15, 0.2) is 0 Å². The molecule has 8 heteroatoms. The number of hydrogen-bond donors (Lipinski definition) is 0. The van der Waals surface area contributed by atoms with E-state index in [9.17, 15) is 17.7 Å². The molecule has 0 fully saturated rings. The normalized spacial score (nSPS) is 11.0. The molecule has 0 radical (unpaired) electrons. The maximum Gasteiger partial charge on any atom is 1.00 e. The summed E-state index contributed by atoms with van der Waals surface area (Å²) in [6.45, 7) is -2.42. The van der Waals surface area contributed by atoms with Crippen molar-refractivity contribution in [2.45, 2.75) is 13.8 Å². The zero-order valence-corrected chi connectivity index (χ0v) is 13.6. The summed E-state index contributed by atoms with van der Waals surface area (Å²) in [4.78, 5) is 11.3. The largest absolute Gasteiger partial charge is 1.00 e. The Morgan fingerprint density at radius 2 is 1.71 bits per heavy atom. The maximum absolute atomic E-state index is 12.8. The number of halogens is 3. The van der Waals surface area contributed by atoms with Gasteiger partial charge < -0.3 is 22.3 Å². The van der Waals surface area contributed by atoms with Gasteiger partial charge in [-0.25, -0.2) is 4.79 Å². The molecule has 0 atom stereocenters. The molecule has 0 bridgehead atoms. The zero-order chi connectivity index (χ0) is 12.7. The maximum atomic E-state index is 12.8. The summed E-state index contributed by atoms with van der Waals surface area (Å²) in [6, 6.07) is 0. The van der Waals surface area contributed by atoms with Crippen LogP contribution in [-0.4, -0.2) is 24.6 Å². The van der Waals surface area contributed by atoms with E-state index in [0.29, 0.717) is 0 Å². The van der Waals surface area contributed by atoms with Crippen LogP contribution in [0.2, 0.25) is 0 Å². The molecule has 0 aliphatic heterocycles. The molecular weight excluding hydrogens is 261 g/mol. The van der Waals surface area contributed by atoms with Gasteiger partial charge in [0.05, 0.1) is 12.7 Å². The molecule has 0 aliphatic carbocycles. The van der Waals surface area contributed by atoms with Crippen LogP contribution in [0.1, 0.15) is 21.7 Å². The van der Waals surface area contributed by atoms with Crippen LogP contribution in [0.5, 0.6) is 0 Å². The van der Waals surface area contributed by atoms with Crippen molar-refractivity contribution in [3.63, 3.8) is 0 Å². The van der Waals surface area contributed by atoms with Crippen LogP contribution in [0.3, 0.4) is 0 Å². The van der Waals surface area contributed by atoms with Crippen molar-refractivity contribution in [2.24, 2.45) is 7.05 Å². The fraction of sp³-hybridized carbons (Fsp3) is 0.444. The molecule has 17 heavy (non-hydrogen) atoms. The van der Waals surface area contributed by atoms with E-state index in [0.717, 1.165) is 7.11 Å². The van der Waals surface area contributed by atoms with Crippen LogP contribution in [0, 0.1) is 13.8 Å². The van der Waals surface area contributed by atoms with Crippen LogP contribution >= 0.6 is 0 Å². The van der Waals surface area contributed by atoms with E-state index >= 15 is 0 Å². The summed E-state index contributed by atoms with van der Waals surface area (Å²) in [7, 11) is 2.56. The molecular formula is C9H12BF3KNO2. The van der Waals surface area contributed by atoms with Gasteiger partial charge in [-0.3, -0.25) is 0 Å². The zero-order valence-electron chi connectivity index (χ0n) is 10.5. The third kappa shape index (κ3) is 3.17. The van der Waals surface area contributed by atoms with E-state index in [1.54, 1.807) is 0 Å². The van der Waals surface area contributed by atoms with Gasteiger partial charge >= 0.3 is 64.3 Å². The quantitative estimate of drug-likeness (QED) is 0.484. The van der Waals surface area contributed by atoms with E-state index < -0.39 is 18.4 Å². The average Bonchev–Trinajstić information content (AvgIpc) is 2.40. The van der Waals surface area contributed by atoms with Crippen LogP contribution < -0.4 is 56.8 Å². The third-order valence-corrected chi connectivity index (χ3v) is 2.74. The van der Waals surface area contributed by atoms with Gasteiger partial charge in [0, 0.05) is 12.7 Å². The summed E-state index contributed by atoms with van der Waals surface area (Å²) in [5.74, 6) is -0.949. The molecule has 0 unspecified atom stereocenters. The van der Waals surface area contributed by atoms with Gasteiger partial charge in [0.15, 0.2) is 0 Å². The number of nitrogens with zero attached hydrogens (tertiary/aromatic N) is 1. The van der Waals surface area contributed by atoms with E-state index in [-0.39, 0.29) is 68.3 Å². The molecule has 0 N–H and O–H groups in total. The van der Waals surface area contributed by atoms with Crippen molar-refractivity contribution in [1.82, 2.24) is 4.57 Å². The average molecular weight is 273 g/mol. The smallest absolute Gasteiger partial charge is 0.465 e.